The van der Waals surface area contributed by atoms with Crippen LogP contribution in [0.3, 0.4) is 0 Å². The van der Waals surface area contributed by atoms with E-state index in [0.29, 0.717) is 13.0 Å². The first-order chi connectivity index (χ1) is 10.5. The quantitative estimate of drug-likeness (QED) is 0.878. The van der Waals surface area contributed by atoms with Gasteiger partial charge in [-0.3, -0.25) is 9.59 Å². The number of hydrogen-bond donors (Lipinski definition) is 1. The summed E-state index contributed by atoms with van der Waals surface area (Å²) in [7, 11) is 0. The molecule has 1 aliphatic rings. The number of nitrogens with one attached hydrogen (secondary N) is 1. The normalized spacial score (nSPS) is 18.1. The van der Waals surface area contributed by atoms with Crippen molar-refractivity contribution in [3.05, 3.63) is 29.8 Å². The summed E-state index contributed by atoms with van der Waals surface area (Å²) in [4.78, 5) is 26.0. The number of carbonyl (C=O) groups excluding carboxylic acids is 2. The van der Waals surface area contributed by atoms with E-state index in [1.807, 2.05) is 26.0 Å². The topological polar surface area (TPSA) is 49.4 Å². The number of carbonyl (C=O) groups is 2. The molecule has 1 aliphatic heterocycles. The summed E-state index contributed by atoms with van der Waals surface area (Å²) < 4.78 is 0. The molecule has 0 aliphatic carbocycles. The standard InChI is InChI=1S/C18H26N2O2/c1-4-5-6-14-7-9-16(10-8-14)20-12-15(11-17(20)21)18(22)19-13(2)3/h7-10,13,15H,4-6,11-12H2,1-3H3,(H,19,22). The van der Waals surface area contributed by atoms with Gasteiger partial charge in [-0.25, -0.2) is 0 Å². The Morgan fingerprint density at radius 3 is 2.59 bits per heavy atom. The highest BCUT2D eigenvalue weighted by Gasteiger charge is 2.35. The Morgan fingerprint density at radius 1 is 1.32 bits per heavy atom. The van der Waals surface area contributed by atoms with Gasteiger partial charge < -0.3 is 10.2 Å². The molecule has 120 valence electrons. The smallest absolute Gasteiger partial charge is 0.227 e. The third-order valence-corrected chi connectivity index (χ3v) is 3.99. The van der Waals surface area contributed by atoms with Crippen LogP contribution in [0.5, 0.6) is 0 Å². The second-order valence-electron chi connectivity index (χ2n) is 6.34. The van der Waals surface area contributed by atoms with Crippen molar-refractivity contribution < 1.29 is 9.59 Å². The lowest BCUT2D eigenvalue weighted by atomic mass is 10.1. The second-order valence-corrected chi connectivity index (χ2v) is 6.34. The molecule has 4 heteroatoms. The number of unbranched alkanes of at least 4 members (excludes halogenated alkanes) is 1. The summed E-state index contributed by atoms with van der Waals surface area (Å²) in [5.74, 6) is -0.231. The zero-order chi connectivity index (χ0) is 16.1. The van der Waals surface area contributed by atoms with Crippen LogP contribution >= 0.6 is 0 Å². The average molecular weight is 302 g/mol. The first-order valence-corrected chi connectivity index (χ1v) is 8.21. The third-order valence-electron chi connectivity index (χ3n) is 3.99. The van der Waals surface area contributed by atoms with Crippen molar-refractivity contribution in [2.75, 3.05) is 11.4 Å². The van der Waals surface area contributed by atoms with Crippen molar-refractivity contribution in [1.29, 1.82) is 0 Å². The first kappa shape index (κ1) is 16.5. The van der Waals surface area contributed by atoms with Crippen molar-refractivity contribution >= 4 is 17.5 Å². The Kier molecular flexibility index (Phi) is 5.58. The van der Waals surface area contributed by atoms with Gasteiger partial charge >= 0.3 is 0 Å². The fraction of sp³-hybridized carbons (Fsp3) is 0.556. The lowest BCUT2D eigenvalue weighted by molar-refractivity contribution is -0.126. The van der Waals surface area contributed by atoms with E-state index in [4.69, 9.17) is 0 Å². The van der Waals surface area contributed by atoms with Gasteiger partial charge in [0, 0.05) is 24.7 Å². The summed E-state index contributed by atoms with van der Waals surface area (Å²) in [6, 6.07) is 8.26. The minimum atomic E-state index is -0.241. The van der Waals surface area contributed by atoms with Gasteiger partial charge in [-0.1, -0.05) is 25.5 Å². The highest BCUT2D eigenvalue weighted by atomic mass is 16.2. The van der Waals surface area contributed by atoms with Gasteiger partial charge in [0.15, 0.2) is 0 Å². The fourth-order valence-corrected chi connectivity index (χ4v) is 2.76. The van der Waals surface area contributed by atoms with Crippen molar-refractivity contribution in [3.63, 3.8) is 0 Å². The number of hydrogen-bond acceptors (Lipinski definition) is 2. The van der Waals surface area contributed by atoms with Crippen LogP contribution in [-0.2, 0) is 16.0 Å². The molecule has 1 aromatic rings. The number of aryl methyl sites for hydroxylation is 1. The number of rotatable bonds is 6. The van der Waals surface area contributed by atoms with E-state index in [9.17, 15) is 9.59 Å². The molecule has 1 heterocycles. The molecule has 0 aromatic heterocycles. The molecular formula is C18H26N2O2. The molecule has 0 spiro atoms. The molecule has 0 saturated carbocycles. The van der Waals surface area contributed by atoms with Crippen molar-refractivity contribution in [3.8, 4) is 0 Å². The van der Waals surface area contributed by atoms with E-state index in [1.54, 1.807) is 4.90 Å². The molecule has 1 unspecified atom stereocenters. The second kappa shape index (κ2) is 7.43. The van der Waals surface area contributed by atoms with Crippen LogP contribution in [0.4, 0.5) is 5.69 Å². The molecule has 1 N–H and O–H groups in total. The zero-order valence-corrected chi connectivity index (χ0v) is 13.8. The van der Waals surface area contributed by atoms with E-state index in [1.165, 1.54) is 18.4 Å². The number of benzene rings is 1. The Morgan fingerprint density at radius 2 is 2.00 bits per heavy atom. The van der Waals surface area contributed by atoms with Crippen LogP contribution in [0.25, 0.3) is 0 Å². The summed E-state index contributed by atoms with van der Waals surface area (Å²) in [6.45, 7) is 6.52. The van der Waals surface area contributed by atoms with E-state index >= 15 is 0 Å². The van der Waals surface area contributed by atoms with Gasteiger partial charge in [0.1, 0.15) is 0 Å². The first-order valence-electron chi connectivity index (χ1n) is 8.21. The lowest BCUT2D eigenvalue weighted by Crippen LogP contribution is -2.36. The van der Waals surface area contributed by atoms with Crippen LogP contribution in [-0.4, -0.2) is 24.4 Å². The Labute approximate surface area is 132 Å². The molecule has 4 nitrogen and oxygen atoms in total. The molecule has 1 saturated heterocycles. The average Bonchev–Trinajstić information content (AvgIpc) is 2.87. The lowest BCUT2D eigenvalue weighted by Gasteiger charge is -2.17. The monoisotopic (exact) mass is 302 g/mol. The van der Waals surface area contributed by atoms with Crippen LogP contribution in [0, 0.1) is 5.92 Å². The number of anilines is 1. The highest BCUT2D eigenvalue weighted by Crippen LogP contribution is 2.25. The number of amides is 2. The van der Waals surface area contributed by atoms with Gasteiger partial charge in [-0.2, -0.15) is 0 Å². The van der Waals surface area contributed by atoms with Crippen molar-refractivity contribution in [2.45, 2.75) is 52.5 Å². The largest absolute Gasteiger partial charge is 0.354 e. The van der Waals surface area contributed by atoms with Crippen LogP contribution in [0.1, 0.15) is 45.6 Å². The summed E-state index contributed by atoms with van der Waals surface area (Å²) in [6.07, 6.45) is 3.73. The predicted molar refractivity (Wildman–Crippen MR) is 88.8 cm³/mol. The summed E-state index contributed by atoms with van der Waals surface area (Å²) >= 11 is 0. The summed E-state index contributed by atoms with van der Waals surface area (Å²) in [5, 5.41) is 2.89. The SMILES string of the molecule is CCCCc1ccc(N2CC(C(=O)NC(C)C)CC2=O)cc1. The molecule has 1 aromatic carbocycles. The molecule has 0 radical (unpaired) electrons. The van der Waals surface area contributed by atoms with Gasteiger partial charge in [-0.15, -0.1) is 0 Å². The zero-order valence-electron chi connectivity index (χ0n) is 13.8. The van der Waals surface area contributed by atoms with Gasteiger partial charge in [-0.05, 0) is 44.4 Å². The molecular weight excluding hydrogens is 276 g/mol. The van der Waals surface area contributed by atoms with Gasteiger partial charge in [0.05, 0.1) is 5.92 Å². The predicted octanol–water partition coefficient (Wildman–Crippen LogP) is 2.91. The molecule has 1 fully saturated rings. The van der Waals surface area contributed by atoms with Crippen LogP contribution in [0.2, 0.25) is 0 Å². The van der Waals surface area contributed by atoms with E-state index in [-0.39, 0.29) is 23.8 Å². The van der Waals surface area contributed by atoms with E-state index < -0.39 is 0 Å². The molecule has 22 heavy (non-hydrogen) atoms. The van der Waals surface area contributed by atoms with E-state index in [0.717, 1.165) is 12.1 Å². The van der Waals surface area contributed by atoms with Crippen molar-refractivity contribution in [1.82, 2.24) is 5.32 Å². The molecule has 0 bridgehead atoms. The molecule has 2 rings (SSSR count). The van der Waals surface area contributed by atoms with Crippen LogP contribution < -0.4 is 10.2 Å². The fourth-order valence-electron chi connectivity index (χ4n) is 2.76. The molecule has 1 atom stereocenters. The van der Waals surface area contributed by atoms with Gasteiger partial charge in [0.2, 0.25) is 11.8 Å². The van der Waals surface area contributed by atoms with E-state index in [2.05, 4.69) is 24.4 Å². The highest BCUT2D eigenvalue weighted by molar-refractivity contribution is 6.00. The maximum Gasteiger partial charge on any atom is 0.227 e. The minimum absolute atomic E-state index is 0.0228. The Bertz CT molecular complexity index is 522. The Balaban J connectivity index is 2.00. The van der Waals surface area contributed by atoms with Crippen molar-refractivity contribution in [2.24, 2.45) is 5.92 Å². The molecule has 2 amide bonds. The maximum atomic E-state index is 12.2. The third kappa shape index (κ3) is 4.09. The maximum absolute atomic E-state index is 12.2. The number of nitrogens with zero attached hydrogens (tertiary/aromatic N) is 1. The van der Waals surface area contributed by atoms with Gasteiger partial charge in [0.25, 0.3) is 0 Å². The van der Waals surface area contributed by atoms with Crippen LogP contribution in [0.15, 0.2) is 24.3 Å². The summed E-state index contributed by atoms with van der Waals surface area (Å²) in [5.41, 5.74) is 2.19. The Hall–Kier alpha value is -1.84. The minimum Gasteiger partial charge on any atom is -0.354 e.